The van der Waals surface area contributed by atoms with Gasteiger partial charge >= 0.3 is 0 Å². The summed E-state index contributed by atoms with van der Waals surface area (Å²) in [6.45, 7) is 0. The second-order valence-electron chi connectivity index (χ2n) is 5.17. The maximum Gasteiger partial charge on any atom is 0.119 e. The molecule has 1 atom stereocenters. The van der Waals surface area contributed by atoms with E-state index in [1.165, 1.54) is 31.2 Å². The van der Waals surface area contributed by atoms with Gasteiger partial charge in [-0.05, 0) is 57.5 Å². The molecule has 0 fully saturated rings. The molecule has 2 rings (SSSR count). The normalized spacial score (nSPS) is 17.4. The molecule has 98 valence electrons. The van der Waals surface area contributed by atoms with E-state index in [9.17, 15) is 0 Å². The molecule has 0 amide bonds. The standard InChI is InChI=1S/C16H23NO/c1-17(2)16(13-8-5-4-6-9-13)14-10-7-11-15(12-14)18-3/h7-8,10-12,16H,4-6,9H2,1-3H3. The Kier molecular flexibility index (Phi) is 4.43. The van der Waals surface area contributed by atoms with Gasteiger partial charge in [-0.3, -0.25) is 4.90 Å². The Balaban J connectivity index is 2.31. The summed E-state index contributed by atoms with van der Waals surface area (Å²) in [5.74, 6) is 0.941. The van der Waals surface area contributed by atoms with Crippen molar-refractivity contribution in [2.75, 3.05) is 21.2 Å². The number of likely N-dealkylation sites (N-methyl/N-ethyl adjacent to an activating group) is 1. The third kappa shape index (κ3) is 2.94. The van der Waals surface area contributed by atoms with Crippen LogP contribution < -0.4 is 4.74 Å². The van der Waals surface area contributed by atoms with Crippen molar-refractivity contribution in [3.8, 4) is 5.75 Å². The number of benzene rings is 1. The second kappa shape index (κ2) is 6.05. The number of nitrogens with zero attached hydrogens (tertiary/aromatic N) is 1. The van der Waals surface area contributed by atoms with Crippen molar-refractivity contribution in [1.82, 2.24) is 4.90 Å². The Morgan fingerprint density at radius 3 is 2.67 bits per heavy atom. The molecule has 1 aromatic carbocycles. The van der Waals surface area contributed by atoms with Gasteiger partial charge in [-0.1, -0.05) is 23.8 Å². The molecule has 2 heteroatoms. The topological polar surface area (TPSA) is 12.5 Å². The zero-order chi connectivity index (χ0) is 13.0. The molecule has 0 N–H and O–H groups in total. The Hall–Kier alpha value is -1.28. The number of hydrogen-bond acceptors (Lipinski definition) is 2. The fraction of sp³-hybridized carbons (Fsp3) is 0.500. The average molecular weight is 245 g/mol. The number of ether oxygens (including phenoxy) is 1. The summed E-state index contributed by atoms with van der Waals surface area (Å²) in [6, 6.07) is 8.82. The van der Waals surface area contributed by atoms with Crippen LogP contribution in [0.2, 0.25) is 0 Å². The molecule has 0 saturated carbocycles. The number of methoxy groups -OCH3 is 1. The summed E-state index contributed by atoms with van der Waals surface area (Å²) in [5, 5.41) is 0. The number of allylic oxidation sites excluding steroid dienone is 1. The first-order chi connectivity index (χ1) is 8.72. The van der Waals surface area contributed by atoms with Crippen LogP contribution in [0, 0.1) is 0 Å². The highest BCUT2D eigenvalue weighted by molar-refractivity contribution is 5.35. The van der Waals surface area contributed by atoms with Gasteiger partial charge in [0.05, 0.1) is 13.2 Å². The molecule has 0 heterocycles. The minimum absolute atomic E-state index is 0.389. The molecule has 1 unspecified atom stereocenters. The summed E-state index contributed by atoms with van der Waals surface area (Å²) in [5.41, 5.74) is 2.88. The van der Waals surface area contributed by atoms with E-state index in [4.69, 9.17) is 4.74 Å². The van der Waals surface area contributed by atoms with Crippen molar-refractivity contribution in [3.63, 3.8) is 0 Å². The first-order valence-electron chi connectivity index (χ1n) is 6.71. The molecule has 0 aromatic heterocycles. The minimum atomic E-state index is 0.389. The molecule has 0 bridgehead atoms. The Labute approximate surface area is 110 Å². The average Bonchev–Trinajstić information content (AvgIpc) is 2.40. The zero-order valence-electron chi connectivity index (χ0n) is 11.6. The molecule has 2 nitrogen and oxygen atoms in total. The lowest BCUT2D eigenvalue weighted by molar-refractivity contribution is 0.325. The highest BCUT2D eigenvalue weighted by Crippen LogP contribution is 2.34. The van der Waals surface area contributed by atoms with E-state index in [-0.39, 0.29) is 0 Å². The lowest BCUT2D eigenvalue weighted by Crippen LogP contribution is -2.22. The van der Waals surface area contributed by atoms with Crippen LogP contribution in [0.1, 0.15) is 37.3 Å². The van der Waals surface area contributed by atoms with E-state index < -0.39 is 0 Å². The van der Waals surface area contributed by atoms with Gasteiger partial charge < -0.3 is 4.74 Å². The number of rotatable bonds is 4. The van der Waals surface area contributed by atoms with Crippen LogP contribution in [0.15, 0.2) is 35.9 Å². The van der Waals surface area contributed by atoms with Gasteiger partial charge in [0.1, 0.15) is 5.75 Å². The fourth-order valence-corrected chi connectivity index (χ4v) is 2.77. The maximum atomic E-state index is 5.33. The molecule has 1 aliphatic rings. The van der Waals surface area contributed by atoms with Gasteiger partial charge in [0, 0.05) is 0 Å². The highest BCUT2D eigenvalue weighted by atomic mass is 16.5. The summed E-state index contributed by atoms with van der Waals surface area (Å²) >= 11 is 0. The van der Waals surface area contributed by atoms with E-state index in [2.05, 4.69) is 43.3 Å². The minimum Gasteiger partial charge on any atom is -0.497 e. The van der Waals surface area contributed by atoms with Gasteiger partial charge in [-0.2, -0.15) is 0 Å². The molecule has 0 spiro atoms. The quantitative estimate of drug-likeness (QED) is 0.748. The van der Waals surface area contributed by atoms with Gasteiger partial charge in [-0.25, -0.2) is 0 Å². The van der Waals surface area contributed by atoms with E-state index >= 15 is 0 Å². The van der Waals surface area contributed by atoms with Crippen LogP contribution in [0.3, 0.4) is 0 Å². The Morgan fingerprint density at radius 1 is 1.22 bits per heavy atom. The van der Waals surface area contributed by atoms with Crippen LogP contribution in [0.5, 0.6) is 5.75 Å². The van der Waals surface area contributed by atoms with Crippen LogP contribution in [-0.2, 0) is 0 Å². The zero-order valence-corrected chi connectivity index (χ0v) is 11.6. The van der Waals surface area contributed by atoms with E-state index in [0.29, 0.717) is 6.04 Å². The second-order valence-corrected chi connectivity index (χ2v) is 5.17. The maximum absolute atomic E-state index is 5.33. The summed E-state index contributed by atoms with van der Waals surface area (Å²) in [7, 11) is 6.03. The molecule has 1 aliphatic carbocycles. The van der Waals surface area contributed by atoms with Crippen LogP contribution >= 0.6 is 0 Å². The van der Waals surface area contributed by atoms with Crippen molar-refractivity contribution in [1.29, 1.82) is 0 Å². The van der Waals surface area contributed by atoms with E-state index in [1.54, 1.807) is 12.7 Å². The van der Waals surface area contributed by atoms with Crippen molar-refractivity contribution in [3.05, 3.63) is 41.5 Å². The van der Waals surface area contributed by atoms with Gasteiger partial charge in [-0.15, -0.1) is 0 Å². The van der Waals surface area contributed by atoms with Crippen LogP contribution in [-0.4, -0.2) is 26.1 Å². The third-order valence-electron chi connectivity index (χ3n) is 3.60. The molecular weight excluding hydrogens is 222 g/mol. The van der Waals surface area contributed by atoms with Gasteiger partial charge in [0.25, 0.3) is 0 Å². The lowest BCUT2D eigenvalue weighted by atomic mass is 9.89. The predicted molar refractivity (Wildman–Crippen MR) is 76.0 cm³/mol. The van der Waals surface area contributed by atoms with Crippen molar-refractivity contribution in [2.24, 2.45) is 0 Å². The monoisotopic (exact) mass is 245 g/mol. The summed E-state index contributed by atoms with van der Waals surface area (Å²) in [6.07, 6.45) is 7.53. The summed E-state index contributed by atoms with van der Waals surface area (Å²) < 4.78 is 5.33. The SMILES string of the molecule is COc1cccc(C(C2=CCCCC2)N(C)C)c1. The van der Waals surface area contributed by atoms with E-state index in [1.807, 2.05) is 6.07 Å². The van der Waals surface area contributed by atoms with E-state index in [0.717, 1.165) is 5.75 Å². The molecule has 18 heavy (non-hydrogen) atoms. The molecular formula is C16H23NO. The first kappa shape index (κ1) is 13.2. The largest absolute Gasteiger partial charge is 0.497 e. The number of hydrogen-bond donors (Lipinski definition) is 0. The Bertz CT molecular complexity index is 423. The molecule has 1 aromatic rings. The summed E-state index contributed by atoms with van der Waals surface area (Å²) in [4.78, 5) is 2.30. The smallest absolute Gasteiger partial charge is 0.119 e. The van der Waals surface area contributed by atoms with Crippen molar-refractivity contribution in [2.45, 2.75) is 31.7 Å². The third-order valence-corrected chi connectivity index (χ3v) is 3.60. The van der Waals surface area contributed by atoms with Gasteiger partial charge in [0.15, 0.2) is 0 Å². The lowest BCUT2D eigenvalue weighted by Gasteiger charge is -2.29. The first-order valence-corrected chi connectivity index (χ1v) is 6.71. The molecule has 0 saturated heterocycles. The predicted octanol–water partition coefficient (Wildman–Crippen LogP) is 3.80. The van der Waals surface area contributed by atoms with Gasteiger partial charge in [0.2, 0.25) is 0 Å². The fourth-order valence-electron chi connectivity index (χ4n) is 2.77. The van der Waals surface area contributed by atoms with Crippen LogP contribution in [0.4, 0.5) is 0 Å². The molecule has 0 radical (unpaired) electrons. The van der Waals surface area contributed by atoms with Crippen LogP contribution in [0.25, 0.3) is 0 Å². The Morgan fingerprint density at radius 2 is 2.06 bits per heavy atom. The molecule has 0 aliphatic heterocycles. The van der Waals surface area contributed by atoms with Crippen molar-refractivity contribution < 1.29 is 4.74 Å². The van der Waals surface area contributed by atoms with Crippen molar-refractivity contribution >= 4 is 0 Å². The highest BCUT2D eigenvalue weighted by Gasteiger charge is 2.20.